The van der Waals surface area contributed by atoms with Gasteiger partial charge in [0.25, 0.3) is 0 Å². The lowest BCUT2D eigenvalue weighted by Crippen LogP contribution is -2.40. The highest BCUT2D eigenvalue weighted by molar-refractivity contribution is 5.94. The van der Waals surface area contributed by atoms with Crippen LogP contribution in [0.4, 0.5) is 5.69 Å². The molecule has 1 aliphatic carbocycles. The van der Waals surface area contributed by atoms with Gasteiger partial charge in [0.15, 0.2) is 0 Å². The van der Waals surface area contributed by atoms with Gasteiger partial charge in [0.05, 0.1) is 13.2 Å². The average molecular weight is 332 g/mol. The Labute approximate surface area is 146 Å². The van der Waals surface area contributed by atoms with Crippen molar-refractivity contribution in [3.8, 4) is 0 Å². The first-order chi connectivity index (χ1) is 11.4. The van der Waals surface area contributed by atoms with E-state index in [9.17, 15) is 4.79 Å². The smallest absolute Gasteiger partial charge is 0.238 e. The van der Waals surface area contributed by atoms with Gasteiger partial charge in [-0.15, -0.1) is 0 Å². The van der Waals surface area contributed by atoms with Crippen molar-refractivity contribution in [1.82, 2.24) is 5.32 Å². The Hall–Kier alpha value is -1.39. The van der Waals surface area contributed by atoms with Crippen LogP contribution in [0.5, 0.6) is 0 Å². The Kier molecular flexibility index (Phi) is 6.81. The fraction of sp³-hybridized carbons (Fsp3) is 0.650. The van der Waals surface area contributed by atoms with Crippen LogP contribution in [0.25, 0.3) is 0 Å². The molecule has 24 heavy (non-hydrogen) atoms. The number of rotatable bonds is 9. The van der Waals surface area contributed by atoms with Gasteiger partial charge in [0, 0.05) is 18.8 Å². The normalized spacial score (nSPS) is 15.8. The number of amides is 1. The minimum atomic E-state index is 0.0201. The van der Waals surface area contributed by atoms with E-state index >= 15 is 0 Å². The second-order valence-electron chi connectivity index (χ2n) is 7.45. The van der Waals surface area contributed by atoms with Crippen molar-refractivity contribution in [2.24, 2.45) is 5.92 Å². The fourth-order valence-corrected chi connectivity index (χ4v) is 3.14. The van der Waals surface area contributed by atoms with E-state index in [2.05, 4.69) is 56.5 Å². The van der Waals surface area contributed by atoms with Gasteiger partial charge in [-0.2, -0.15) is 0 Å². The molecule has 4 heteroatoms. The first-order valence-corrected chi connectivity index (χ1v) is 9.09. The lowest BCUT2D eigenvalue weighted by molar-refractivity contribution is -0.115. The summed E-state index contributed by atoms with van der Waals surface area (Å²) in [5.74, 6) is 1.43. The van der Waals surface area contributed by atoms with Crippen LogP contribution in [-0.2, 0) is 9.53 Å². The zero-order valence-electron chi connectivity index (χ0n) is 15.7. The molecule has 0 heterocycles. The minimum absolute atomic E-state index is 0.0201. The molecule has 0 aromatic heterocycles. The molecule has 1 saturated carbocycles. The largest absolute Gasteiger partial charge is 0.383 e. The number of anilines is 1. The second kappa shape index (κ2) is 8.63. The summed E-state index contributed by atoms with van der Waals surface area (Å²) in [5.41, 5.74) is 3.39. The third-order valence-electron chi connectivity index (χ3n) is 4.70. The van der Waals surface area contributed by atoms with Crippen LogP contribution in [0.15, 0.2) is 18.2 Å². The maximum atomic E-state index is 12.5. The zero-order valence-corrected chi connectivity index (χ0v) is 15.7. The number of hydrogen-bond donors (Lipinski definition) is 2. The van der Waals surface area contributed by atoms with E-state index < -0.39 is 0 Å². The van der Waals surface area contributed by atoms with Crippen molar-refractivity contribution in [3.05, 3.63) is 29.3 Å². The Morgan fingerprint density at radius 1 is 1.17 bits per heavy atom. The average Bonchev–Trinajstić information content (AvgIpc) is 3.35. The number of carbonyl (C=O) groups excluding carboxylic acids is 1. The van der Waals surface area contributed by atoms with Crippen molar-refractivity contribution in [1.29, 1.82) is 0 Å². The van der Waals surface area contributed by atoms with Crippen LogP contribution in [-0.4, -0.2) is 32.2 Å². The summed E-state index contributed by atoms with van der Waals surface area (Å²) in [5, 5.41) is 6.52. The first-order valence-electron chi connectivity index (χ1n) is 9.09. The molecule has 134 valence electrons. The van der Waals surface area contributed by atoms with Crippen molar-refractivity contribution < 1.29 is 9.53 Å². The van der Waals surface area contributed by atoms with Gasteiger partial charge < -0.3 is 15.4 Å². The maximum absolute atomic E-state index is 12.5. The molecule has 0 saturated heterocycles. The van der Waals surface area contributed by atoms with Gasteiger partial charge in [-0.3, -0.25) is 4.79 Å². The number of carbonyl (C=O) groups is 1. The summed E-state index contributed by atoms with van der Waals surface area (Å²) in [4.78, 5) is 12.5. The third-order valence-corrected chi connectivity index (χ3v) is 4.70. The molecule has 2 N–H and O–H groups in total. The molecule has 2 rings (SSSR count). The SMILES string of the molecule is COCC(NCC(=O)Nc1c(C(C)C)cccc1C(C)C)C1CC1. The van der Waals surface area contributed by atoms with Crippen molar-refractivity contribution >= 4 is 11.6 Å². The Balaban J connectivity index is 2.04. The molecule has 0 spiro atoms. The summed E-state index contributed by atoms with van der Waals surface area (Å²) in [6, 6.07) is 6.58. The van der Waals surface area contributed by atoms with E-state index in [1.165, 1.54) is 24.0 Å². The predicted molar refractivity (Wildman–Crippen MR) is 99.6 cm³/mol. The number of para-hydroxylation sites is 1. The summed E-state index contributed by atoms with van der Waals surface area (Å²) in [6.45, 7) is 9.64. The molecule has 1 atom stereocenters. The number of methoxy groups -OCH3 is 1. The quantitative estimate of drug-likeness (QED) is 0.721. The van der Waals surface area contributed by atoms with E-state index in [-0.39, 0.29) is 11.9 Å². The van der Waals surface area contributed by atoms with Gasteiger partial charge in [-0.25, -0.2) is 0 Å². The highest BCUT2D eigenvalue weighted by Crippen LogP contribution is 2.33. The molecule has 0 radical (unpaired) electrons. The lowest BCUT2D eigenvalue weighted by atomic mass is 9.92. The molecule has 1 aromatic carbocycles. The summed E-state index contributed by atoms with van der Waals surface area (Å²) >= 11 is 0. The van der Waals surface area contributed by atoms with Crippen LogP contribution < -0.4 is 10.6 Å². The van der Waals surface area contributed by atoms with E-state index in [0.29, 0.717) is 30.9 Å². The molecule has 1 aliphatic rings. The monoisotopic (exact) mass is 332 g/mol. The van der Waals surface area contributed by atoms with E-state index in [1.54, 1.807) is 7.11 Å². The lowest BCUT2D eigenvalue weighted by Gasteiger charge is -2.21. The van der Waals surface area contributed by atoms with Gasteiger partial charge in [-0.05, 0) is 41.7 Å². The summed E-state index contributed by atoms with van der Waals surface area (Å²) < 4.78 is 5.26. The molecule has 1 fully saturated rings. The highest BCUT2D eigenvalue weighted by Gasteiger charge is 2.31. The van der Waals surface area contributed by atoms with Gasteiger partial charge in [0.1, 0.15) is 0 Å². The molecule has 0 bridgehead atoms. The Bertz CT molecular complexity index is 524. The van der Waals surface area contributed by atoms with Gasteiger partial charge in [0.2, 0.25) is 5.91 Å². The van der Waals surface area contributed by atoms with E-state index in [4.69, 9.17) is 4.74 Å². The van der Waals surface area contributed by atoms with E-state index in [0.717, 1.165) is 5.69 Å². The molecule has 4 nitrogen and oxygen atoms in total. The third kappa shape index (κ3) is 5.05. The molecular weight excluding hydrogens is 300 g/mol. The number of nitrogens with one attached hydrogen (secondary N) is 2. The topological polar surface area (TPSA) is 50.4 Å². The van der Waals surface area contributed by atoms with Crippen LogP contribution >= 0.6 is 0 Å². The minimum Gasteiger partial charge on any atom is -0.383 e. The Morgan fingerprint density at radius 3 is 2.21 bits per heavy atom. The van der Waals surface area contributed by atoms with Crippen LogP contribution in [0, 0.1) is 5.92 Å². The Morgan fingerprint density at radius 2 is 1.75 bits per heavy atom. The second-order valence-corrected chi connectivity index (χ2v) is 7.45. The number of ether oxygens (including phenoxy) is 1. The standard InChI is InChI=1S/C20H32N2O2/c1-13(2)16-7-6-8-17(14(3)4)20(16)22-19(23)11-21-18(12-24-5)15-9-10-15/h6-8,13-15,18,21H,9-12H2,1-5H3,(H,22,23). The van der Waals surface area contributed by atoms with Crippen LogP contribution in [0.1, 0.15) is 63.5 Å². The number of hydrogen-bond acceptors (Lipinski definition) is 3. The van der Waals surface area contributed by atoms with Crippen molar-refractivity contribution in [2.75, 3.05) is 25.6 Å². The molecule has 1 aromatic rings. The molecule has 1 unspecified atom stereocenters. The van der Waals surface area contributed by atoms with Crippen LogP contribution in [0.2, 0.25) is 0 Å². The van der Waals surface area contributed by atoms with Crippen molar-refractivity contribution in [3.63, 3.8) is 0 Å². The summed E-state index contributed by atoms with van der Waals surface area (Å²) in [7, 11) is 1.71. The first kappa shape index (κ1) is 18.9. The maximum Gasteiger partial charge on any atom is 0.238 e. The van der Waals surface area contributed by atoms with E-state index in [1.807, 2.05) is 0 Å². The van der Waals surface area contributed by atoms with Gasteiger partial charge in [-0.1, -0.05) is 45.9 Å². The zero-order chi connectivity index (χ0) is 17.7. The molecular formula is C20H32N2O2. The summed E-state index contributed by atoms with van der Waals surface area (Å²) in [6.07, 6.45) is 2.46. The molecule has 1 amide bonds. The fourth-order valence-electron chi connectivity index (χ4n) is 3.14. The van der Waals surface area contributed by atoms with Crippen LogP contribution in [0.3, 0.4) is 0 Å². The highest BCUT2D eigenvalue weighted by atomic mass is 16.5. The number of benzene rings is 1. The molecule has 0 aliphatic heterocycles. The van der Waals surface area contributed by atoms with Crippen molar-refractivity contribution in [2.45, 2.75) is 58.4 Å². The van der Waals surface area contributed by atoms with Gasteiger partial charge >= 0.3 is 0 Å². The predicted octanol–water partition coefficient (Wildman–Crippen LogP) is 3.89.